The van der Waals surface area contributed by atoms with Crippen LogP contribution in [0.25, 0.3) is 0 Å². The molecule has 0 radical (unpaired) electrons. The number of benzene rings is 1. The van der Waals surface area contributed by atoms with Gasteiger partial charge in [-0.2, -0.15) is 0 Å². The highest BCUT2D eigenvalue weighted by atomic mass is 28.2. The lowest BCUT2D eigenvalue weighted by Crippen LogP contribution is -1.90. The van der Waals surface area contributed by atoms with Crippen LogP contribution < -0.4 is 4.43 Å². The highest BCUT2D eigenvalue weighted by Gasteiger charge is 1.94. The van der Waals surface area contributed by atoms with Crippen molar-refractivity contribution in [2.45, 2.75) is 13.3 Å². The normalized spacial score (nSPS) is 9.70. The first-order valence-corrected chi connectivity index (χ1v) is 4.32. The molecule has 10 heavy (non-hydrogen) atoms. The standard InChI is InChI=1S/C8H12OSi/c1-2-7-5-3-4-6-8(7)9-10/h3-6H,2H2,1,10H3. The average molecular weight is 152 g/mol. The Hall–Kier alpha value is -0.763. The van der Waals surface area contributed by atoms with Crippen LogP contribution in [0, 0.1) is 0 Å². The Labute approximate surface area is 64.6 Å². The fourth-order valence-corrected chi connectivity index (χ4v) is 1.39. The average Bonchev–Trinajstić information content (AvgIpc) is 2.04. The van der Waals surface area contributed by atoms with Gasteiger partial charge in [0.2, 0.25) is 10.5 Å². The number of rotatable bonds is 2. The van der Waals surface area contributed by atoms with Gasteiger partial charge in [0.25, 0.3) is 0 Å². The van der Waals surface area contributed by atoms with Crippen molar-refractivity contribution in [1.82, 2.24) is 0 Å². The smallest absolute Gasteiger partial charge is 0.204 e. The first kappa shape index (κ1) is 7.35. The van der Waals surface area contributed by atoms with Crippen LogP contribution in [-0.4, -0.2) is 10.5 Å². The molecular weight excluding hydrogens is 140 g/mol. The van der Waals surface area contributed by atoms with E-state index in [-0.39, 0.29) is 0 Å². The molecule has 1 rings (SSSR count). The van der Waals surface area contributed by atoms with Crippen LogP contribution >= 0.6 is 0 Å². The molecule has 0 aromatic heterocycles. The van der Waals surface area contributed by atoms with Gasteiger partial charge in [-0.1, -0.05) is 25.1 Å². The van der Waals surface area contributed by atoms with Gasteiger partial charge in [-0.25, -0.2) is 0 Å². The maximum atomic E-state index is 5.28. The van der Waals surface area contributed by atoms with Gasteiger partial charge < -0.3 is 4.43 Å². The number of hydrogen-bond acceptors (Lipinski definition) is 1. The Balaban J connectivity index is 2.96. The number of hydrogen-bond donors (Lipinski definition) is 0. The molecule has 0 aliphatic rings. The summed E-state index contributed by atoms with van der Waals surface area (Å²) in [6, 6.07) is 8.17. The summed E-state index contributed by atoms with van der Waals surface area (Å²) in [5, 5.41) is 0. The van der Waals surface area contributed by atoms with E-state index in [1.807, 2.05) is 18.2 Å². The van der Waals surface area contributed by atoms with Crippen molar-refractivity contribution in [2.24, 2.45) is 0 Å². The van der Waals surface area contributed by atoms with Crippen molar-refractivity contribution in [3.8, 4) is 5.75 Å². The molecule has 0 saturated carbocycles. The van der Waals surface area contributed by atoms with E-state index in [1.165, 1.54) is 5.56 Å². The zero-order valence-electron chi connectivity index (χ0n) is 6.42. The van der Waals surface area contributed by atoms with E-state index >= 15 is 0 Å². The minimum Gasteiger partial charge on any atom is -0.553 e. The molecule has 0 amide bonds. The summed E-state index contributed by atoms with van der Waals surface area (Å²) in [6.45, 7) is 2.14. The SMILES string of the molecule is CCc1ccccc1O[SiH3]. The molecule has 0 aliphatic heterocycles. The summed E-state index contributed by atoms with van der Waals surface area (Å²) in [6.07, 6.45) is 1.05. The molecule has 1 aromatic rings. The van der Waals surface area contributed by atoms with Crippen molar-refractivity contribution in [1.29, 1.82) is 0 Å². The minimum atomic E-state index is 0.780. The van der Waals surface area contributed by atoms with Gasteiger partial charge in [-0.15, -0.1) is 0 Å². The van der Waals surface area contributed by atoms with Gasteiger partial charge in [0.15, 0.2) is 0 Å². The van der Waals surface area contributed by atoms with E-state index < -0.39 is 0 Å². The molecule has 2 heteroatoms. The third kappa shape index (κ3) is 1.39. The van der Waals surface area contributed by atoms with E-state index in [2.05, 4.69) is 13.0 Å². The Bertz CT molecular complexity index is 187. The lowest BCUT2D eigenvalue weighted by Gasteiger charge is -2.04. The lowest BCUT2D eigenvalue weighted by atomic mass is 10.1. The van der Waals surface area contributed by atoms with Gasteiger partial charge in [-0.3, -0.25) is 0 Å². The minimum absolute atomic E-state index is 0.780. The first-order valence-electron chi connectivity index (χ1n) is 3.50. The van der Waals surface area contributed by atoms with Crippen molar-refractivity contribution in [3.63, 3.8) is 0 Å². The highest BCUT2D eigenvalue weighted by Crippen LogP contribution is 2.16. The third-order valence-electron chi connectivity index (χ3n) is 1.57. The number of para-hydroxylation sites is 1. The van der Waals surface area contributed by atoms with Gasteiger partial charge in [0, 0.05) is 0 Å². The van der Waals surface area contributed by atoms with Crippen LogP contribution in [0.2, 0.25) is 0 Å². The van der Waals surface area contributed by atoms with Crippen LogP contribution in [0.15, 0.2) is 24.3 Å². The highest BCUT2D eigenvalue weighted by molar-refractivity contribution is 6.00. The van der Waals surface area contributed by atoms with E-state index in [4.69, 9.17) is 4.43 Å². The Morgan fingerprint density at radius 1 is 1.40 bits per heavy atom. The zero-order chi connectivity index (χ0) is 7.40. The van der Waals surface area contributed by atoms with Crippen molar-refractivity contribution in [3.05, 3.63) is 29.8 Å². The Morgan fingerprint density at radius 3 is 2.60 bits per heavy atom. The Kier molecular flexibility index (Phi) is 2.51. The molecule has 0 bridgehead atoms. The quantitative estimate of drug-likeness (QED) is 0.572. The van der Waals surface area contributed by atoms with Crippen LogP contribution in [0.4, 0.5) is 0 Å². The molecular formula is C8H12OSi. The van der Waals surface area contributed by atoms with Gasteiger partial charge in [0.05, 0.1) is 0 Å². The molecule has 0 unspecified atom stereocenters. The zero-order valence-corrected chi connectivity index (χ0v) is 8.42. The second-order valence-corrected chi connectivity index (χ2v) is 2.57. The summed E-state index contributed by atoms with van der Waals surface area (Å²) in [5.74, 6) is 1.05. The van der Waals surface area contributed by atoms with E-state index in [0.717, 1.165) is 22.7 Å². The van der Waals surface area contributed by atoms with Crippen LogP contribution in [-0.2, 0) is 6.42 Å². The second kappa shape index (κ2) is 3.42. The fraction of sp³-hybridized carbons (Fsp3) is 0.250. The predicted molar refractivity (Wildman–Crippen MR) is 46.4 cm³/mol. The monoisotopic (exact) mass is 152 g/mol. The molecule has 0 spiro atoms. The molecule has 1 nitrogen and oxygen atoms in total. The third-order valence-corrected chi connectivity index (χ3v) is 2.01. The van der Waals surface area contributed by atoms with Crippen molar-refractivity contribution in [2.75, 3.05) is 0 Å². The van der Waals surface area contributed by atoms with Crippen molar-refractivity contribution >= 4 is 10.5 Å². The molecule has 0 fully saturated rings. The molecule has 54 valence electrons. The number of aryl methyl sites for hydroxylation is 1. The van der Waals surface area contributed by atoms with Crippen LogP contribution in [0.3, 0.4) is 0 Å². The lowest BCUT2D eigenvalue weighted by molar-refractivity contribution is 0.606. The molecule has 0 saturated heterocycles. The topological polar surface area (TPSA) is 9.23 Å². The predicted octanol–water partition coefficient (Wildman–Crippen LogP) is 0.908. The summed E-state index contributed by atoms with van der Waals surface area (Å²) >= 11 is 0. The first-order chi connectivity index (χ1) is 4.88. The Morgan fingerprint density at radius 2 is 2.10 bits per heavy atom. The molecule has 0 atom stereocenters. The molecule has 0 heterocycles. The summed E-state index contributed by atoms with van der Waals surface area (Å²) in [4.78, 5) is 0. The maximum Gasteiger partial charge on any atom is 0.204 e. The molecule has 0 aliphatic carbocycles. The van der Waals surface area contributed by atoms with Gasteiger partial charge in [-0.05, 0) is 18.1 Å². The second-order valence-electron chi connectivity index (χ2n) is 2.17. The van der Waals surface area contributed by atoms with Crippen LogP contribution in [0.1, 0.15) is 12.5 Å². The molecule has 1 aromatic carbocycles. The summed E-state index contributed by atoms with van der Waals surface area (Å²) in [5.41, 5.74) is 1.30. The van der Waals surface area contributed by atoms with Crippen LogP contribution in [0.5, 0.6) is 5.75 Å². The van der Waals surface area contributed by atoms with Crippen molar-refractivity contribution < 1.29 is 4.43 Å². The van der Waals surface area contributed by atoms with Gasteiger partial charge >= 0.3 is 0 Å². The molecule has 0 N–H and O–H groups in total. The summed E-state index contributed by atoms with van der Waals surface area (Å²) < 4.78 is 5.28. The van der Waals surface area contributed by atoms with E-state index in [9.17, 15) is 0 Å². The summed E-state index contributed by atoms with van der Waals surface area (Å²) in [7, 11) is 0.780. The van der Waals surface area contributed by atoms with E-state index in [1.54, 1.807) is 0 Å². The fourth-order valence-electron chi connectivity index (χ4n) is 0.995. The largest absolute Gasteiger partial charge is 0.553 e. The maximum absolute atomic E-state index is 5.28. The van der Waals surface area contributed by atoms with E-state index in [0.29, 0.717) is 0 Å². The van der Waals surface area contributed by atoms with Gasteiger partial charge in [0.1, 0.15) is 5.75 Å².